The van der Waals surface area contributed by atoms with Gasteiger partial charge < -0.3 is 14.8 Å². The number of fused-ring (bicyclic) bond motifs is 1. The van der Waals surface area contributed by atoms with Crippen molar-refractivity contribution >= 4 is 0 Å². The van der Waals surface area contributed by atoms with Crippen molar-refractivity contribution in [2.75, 3.05) is 19.8 Å². The topological polar surface area (TPSA) is 30.5 Å². The average molecular weight is 333 g/mol. The van der Waals surface area contributed by atoms with Crippen molar-refractivity contribution in [1.29, 1.82) is 0 Å². The zero-order chi connectivity index (χ0) is 17.1. The molecule has 128 valence electrons. The van der Waals surface area contributed by atoms with Crippen LogP contribution in [0.1, 0.15) is 36.6 Å². The summed E-state index contributed by atoms with van der Waals surface area (Å²) in [6.07, 6.45) is 0.801. The van der Waals surface area contributed by atoms with Gasteiger partial charge in [-0.2, -0.15) is 0 Å². The smallest absolute Gasteiger partial charge is 0.163 e. The van der Waals surface area contributed by atoms with Crippen LogP contribution in [0.25, 0.3) is 0 Å². The summed E-state index contributed by atoms with van der Waals surface area (Å²) in [5.41, 5.74) is 2.27. The lowest BCUT2D eigenvalue weighted by molar-refractivity contribution is 0.286. The summed E-state index contributed by atoms with van der Waals surface area (Å²) in [6, 6.07) is 7.70. The second kappa shape index (κ2) is 7.18. The molecular formula is C19H21F2NO2. The van der Waals surface area contributed by atoms with Gasteiger partial charge >= 0.3 is 0 Å². The molecule has 0 saturated carbocycles. The maximum Gasteiger partial charge on any atom is 0.163 e. The van der Waals surface area contributed by atoms with Gasteiger partial charge in [-0.15, -0.1) is 0 Å². The maximum absolute atomic E-state index is 14.3. The van der Waals surface area contributed by atoms with E-state index < -0.39 is 17.7 Å². The highest BCUT2D eigenvalue weighted by atomic mass is 19.2. The van der Waals surface area contributed by atoms with Crippen LogP contribution >= 0.6 is 0 Å². The Balaban J connectivity index is 2.09. The van der Waals surface area contributed by atoms with Gasteiger partial charge in [0.25, 0.3) is 0 Å². The number of ether oxygens (including phenoxy) is 2. The van der Waals surface area contributed by atoms with Crippen LogP contribution in [0.3, 0.4) is 0 Å². The zero-order valence-electron chi connectivity index (χ0n) is 13.9. The van der Waals surface area contributed by atoms with Gasteiger partial charge in [0.1, 0.15) is 0 Å². The van der Waals surface area contributed by atoms with E-state index >= 15 is 0 Å². The van der Waals surface area contributed by atoms with Gasteiger partial charge in [-0.25, -0.2) is 8.78 Å². The van der Waals surface area contributed by atoms with E-state index in [4.69, 9.17) is 9.47 Å². The summed E-state index contributed by atoms with van der Waals surface area (Å²) in [6.45, 7) is 5.55. The van der Waals surface area contributed by atoms with Gasteiger partial charge in [-0.1, -0.05) is 12.1 Å². The lowest BCUT2D eigenvalue weighted by Gasteiger charge is -2.29. The quantitative estimate of drug-likeness (QED) is 0.897. The molecule has 3 rings (SSSR count). The number of hydrogen-bond donors (Lipinski definition) is 1. The first-order valence-corrected chi connectivity index (χ1v) is 8.25. The molecule has 5 heteroatoms. The Bertz CT molecular complexity index is 734. The van der Waals surface area contributed by atoms with Gasteiger partial charge in [-0.3, -0.25) is 0 Å². The van der Waals surface area contributed by atoms with Crippen LogP contribution in [-0.2, 0) is 6.42 Å². The van der Waals surface area contributed by atoms with E-state index in [1.807, 2.05) is 26.0 Å². The summed E-state index contributed by atoms with van der Waals surface area (Å²) in [5.74, 6) is -0.325. The predicted octanol–water partition coefficient (Wildman–Crippen LogP) is 4.00. The number of nitrogens with one attached hydrogen (secondary N) is 1. The lowest BCUT2D eigenvalue weighted by atomic mass is 9.89. The molecule has 0 spiro atoms. The molecule has 1 unspecified atom stereocenters. The minimum atomic E-state index is -0.836. The van der Waals surface area contributed by atoms with Gasteiger partial charge in [-0.05, 0) is 49.6 Å². The molecule has 0 bridgehead atoms. The summed E-state index contributed by atoms with van der Waals surface area (Å²) in [5, 5.41) is 3.28. The van der Waals surface area contributed by atoms with E-state index in [2.05, 4.69) is 5.32 Å². The van der Waals surface area contributed by atoms with Crippen LogP contribution in [0.5, 0.6) is 11.5 Å². The predicted molar refractivity (Wildman–Crippen MR) is 88.7 cm³/mol. The normalized spacial score (nSPS) is 16.6. The highest BCUT2D eigenvalue weighted by Gasteiger charge is 2.27. The Morgan fingerprint density at radius 2 is 1.75 bits per heavy atom. The molecule has 0 saturated heterocycles. The molecular weight excluding hydrogens is 312 g/mol. The second-order valence-electron chi connectivity index (χ2n) is 5.64. The van der Waals surface area contributed by atoms with Crippen molar-refractivity contribution in [2.45, 2.75) is 26.3 Å². The Kier molecular flexibility index (Phi) is 5.00. The van der Waals surface area contributed by atoms with E-state index in [9.17, 15) is 8.78 Å². The maximum atomic E-state index is 14.3. The van der Waals surface area contributed by atoms with Gasteiger partial charge in [0.2, 0.25) is 0 Å². The number of rotatable bonds is 5. The Morgan fingerprint density at radius 1 is 1.04 bits per heavy atom. The van der Waals surface area contributed by atoms with Crippen LogP contribution in [0.2, 0.25) is 0 Å². The van der Waals surface area contributed by atoms with E-state index in [0.29, 0.717) is 36.8 Å². The van der Waals surface area contributed by atoms with E-state index in [1.54, 1.807) is 6.07 Å². The van der Waals surface area contributed by atoms with Crippen LogP contribution in [0.15, 0.2) is 30.3 Å². The van der Waals surface area contributed by atoms with E-state index in [1.165, 1.54) is 6.07 Å². The third-order valence-electron chi connectivity index (χ3n) is 4.15. The van der Waals surface area contributed by atoms with Crippen molar-refractivity contribution in [2.24, 2.45) is 0 Å². The highest BCUT2D eigenvalue weighted by Crippen LogP contribution is 2.38. The molecule has 0 amide bonds. The molecule has 3 nitrogen and oxygen atoms in total. The Morgan fingerprint density at radius 3 is 2.46 bits per heavy atom. The number of benzene rings is 2. The molecule has 0 aromatic heterocycles. The molecule has 2 aromatic rings. The highest BCUT2D eigenvalue weighted by molar-refractivity contribution is 5.51. The fourth-order valence-corrected chi connectivity index (χ4v) is 3.12. The molecule has 1 aliphatic rings. The van der Waals surface area contributed by atoms with Crippen LogP contribution < -0.4 is 14.8 Å². The van der Waals surface area contributed by atoms with Gasteiger partial charge in [0.15, 0.2) is 23.1 Å². The molecule has 1 atom stereocenters. The second-order valence-corrected chi connectivity index (χ2v) is 5.64. The summed E-state index contributed by atoms with van der Waals surface area (Å²) < 4.78 is 39.2. The minimum Gasteiger partial charge on any atom is -0.490 e. The number of hydrogen-bond acceptors (Lipinski definition) is 3. The van der Waals surface area contributed by atoms with Crippen molar-refractivity contribution in [3.05, 3.63) is 58.7 Å². The van der Waals surface area contributed by atoms with Crippen LogP contribution in [0.4, 0.5) is 8.78 Å². The van der Waals surface area contributed by atoms with Crippen molar-refractivity contribution in [3.8, 4) is 11.5 Å². The zero-order valence-corrected chi connectivity index (χ0v) is 13.9. The Hall–Kier alpha value is -2.14. The lowest BCUT2D eigenvalue weighted by Crippen LogP contribution is -2.31. The van der Waals surface area contributed by atoms with Crippen LogP contribution in [-0.4, -0.2) is 19.8 Å². The van der Waals surface area contributed by atoms with Crippen molar-refractivity contribution in [1.82, 2.24) is 5.32 Å². The first-order chi connectivity index (χ1) is 11.7. The summed E-state index contributed by atoms with van der Waals surface area (Å²) in [4.78, 5) is 0. The molecule has 0 radical (unpaired) electrons. The third kappa shape index (κ3) is 3.08. The third-order valence-corrected chi connectivity index (χ3v) is 4.15. The minimum absolute atomic E-state index is 0.308. The molecule has 2 aromatic carbocycles. The standard InChI is InChI=1S/C19H21F2NO2/c1-3-23-16-10-12-8-9-22-19(14(12)11-17(16)24-4-2)13-6-5-7-15(20)18(13)21/h5-7,10-11,19,22H,3-4,8-9H2,1-2H3. The average Bonchev–Trinajstić information content (AvgIpc) is 2.58. The van der Waals surface area contributed by atoms with E-state index in [-0.39, 0.29) is 0 Å². The fourth-order valence-electron chi connectivity index (χ4n) is 3.12. The molecule has 0 fully saturated rings. The molecule has 1 N–H and O–H groups in total. The molecule has 1 aliphatic heterocycles. The SMILES string of the molecule is CCOc1cc2c(cc1OCC)C(c1cccc(F)c1F)NCC2. The summed E-state index contributed by atoms with van der Waals surface area (Å²) >= 11 is 0. The molecule has 1 heterocycles. The van der Waals surface area contributed by atoms with Crippen molar-refractivity contribution < 1.29 is 18.3 Å². The van der Waals surface area contributed by atoms with Crippen LogP contribution in [0, 0.1) is 11.6 Å². The first-order valence-electron chi connectivity index (χ1n) is 8.25. The first kappa shape index (κ1) is 16.7. The fraction of sp³-hybridized carbons (Fsp3) is 0.368. The van der Waals surface area contributed by atoms with Gasteiger partial charge in [0, 0.05) is 12.1 Å². The molecule has 24 heavy (non-hydrogen) atoms. The largest absolute Gasteiger partial charge is 0.490 e. The monoisotopic (exact) mass is 333 g/mol. The molecule has 0 aliphatic carbocycles. The number of halogens is 2. The van der Waals surface area contributed by atoms with Crippen molar-refractivity contribution in [3.63, 3.8) is 0 Å². The van der Waals surface area contributed by atoms with E-state index in [0.717, 1.165) is 23.6 Å². The summed E-state index contributed by atoms with van der Waals surface area (Å²) in [7, 11) is 0. The Labute approximate surface area is 140 Å². The van der Waals surface area contributed by atoms with Gasteiger partial charge in [0.05, 0.1) is 19.3 Å².